The molecule has 3 nitrogen and oxygen atoms in total. The van der Waals surface area contributed by atoms with Crippen molar-refractivity contribution in [1.29, 1.82) is 0 Å². The molecule has 2 heterocycles. The normalized spacial score (nSPS) is 12.3. The van der Waals surface area contributed by atoms with E-state index in [0.29, 0.717) is 11.3 Å². The van der Waals surface area contributed by atoms with Crippen molar-refractivity contribution in [2.45, 2.75) is 19.6 Å². The third kappa shape index (κ3) is 1.93. The first-order chi connectivity index (χ1) is 6.97. The number of aryl methyl sites for hydroxylation is 1. The van der Waals surface area contributed by atoms with Crippen LogP contribution in [0.3, 0.4) is 0 Å². The number of alkyl halides is 3. The minimum Gasteiger partial charge on any atom is -0.304 e. The van der Waals surface area contributed by atoms with E-state index in [4.69, 9.17) is 0 Å². The summed E-state index contributed by atoms with van der Waals surface area (Å²) in [5, 5.41) is 0. The van der Waals surface area contributed by atoms with Gasteiger partial charge in [-0.3, -0.25) is 0 Å². The van der Waals surface area contributed by atoms with Gasteiger partial charge in [-0.05, 0) is 19.1 Å². The van der Waals surface area contributed by atoms with E-state index in [1.54, 1.807) is 12.1 Å². The SMILES string of the molecule is Cc1nc2cccnc2n1CC(F)(F)F. The molecule has 0 fully saturated rings. The number of rotatable bonds is 1. The molecule has 0 aromatic carbocycles. The molecule has 0 bridgehead atoms. The number of fused-ring (bicyclic) bond motifs is 1. The van der Waals surface area contributed by atoms with E-state index < -0.39 is 12.7 Å². The van der Waals surface area contributed by atoms with Crippen molar-refractivity contribution in [3.05, 3.63) is 24.2 Å². The molecule has 0 aliphatic heterocycles. The van der Waals surface area contributed by atoms with Crippen molar-refractivity contribution in [3.8, 4) is 0 Å². The van der Waals surface area contributed by atoms with Gasteiger partial charge in [0.25, 0.3) is 0 Å². The van der Waals surface area contributed by atoms with Gasteiger partial charge in [-0.15, -0.1) is 0 Å². The van der Waals surface area contributed by atoms with Gasteiger partial charge in [0.1, 0.15) is 17.9 Å². The first-order valence-electron chi connectivity index (χ1n) is 4.32. The van der Waals surface area contributed by atoms with Crippen molar-refractivity contribution >= 4 is 11.2 Å². The molecule has 0 amide bonds. The molecule has 0 atom stereocenters. The largest absolute Gasteiger partial charge is 0.406 e. The lowest BCUT2D eigenvalue weighted by Gasteiger charge is -2.08. The zero-order chi connectivity index (χ0) is 11.1. The molecule has 80 valence electrons. The minimum absolute atomic E-state index is 0.271. The zero-order valence-corrected chi connectivity index (χ0v) is 7.91. The highest BCUT2D eigenvalue weighted by molar-refractivity contribution is 5.71. The van der Waals surface area contributed by atoms with Crippen LogP contribution >= 0.6 is 0 Å². The highest BCUT2D eigenvalue weighted by Crippen LogP contribution is 2.21. The quantitative estimate of drug-likeness (QED) is 0.730. The Morgan fingerprint density at radius 1 is 1.40 bits per heavy atom. The second kappa shape index (κ2) is 3.22. The summed E-state index contributed by atoms with van der Waals surface area (Å²) >= 11 is 0. The van der Waals surface area contributed by atoms with Crippen LogP contribution in [0.15, 0.2) is 18.3 Å². The molecule has 0 radical (unpaired) electrons. The zero-order valence-electron chi connectivity index (χ0n) is 7.91. The van der Waals surface area contributed by atoms with E-state index in [9.17, 15) is 13.2 Å². The third-order valence-corrected chi connectivity index (χ3v) is 2.03. The van der Waals surface area contributed by atoms with Crippen molar-refractivity contribution < 1.29 is 13.2 Å². The monoisotopic (exact) mass is 215 g/mol. The molecule has 0 saturated heterocycles. The second-order valence-electron chi connectivity index (χ2n) is 3.21. The topological polar surface area (TPSA) is 30.7 Å². The maximum Gasteiger partial charge on any atom is 0.406 e. The molecule has 2 rings (SSSR count). The lowest BCUT2D eigenvalue weighted by molar-refractivity contribution is -0.140. The molecule has 15 heavy (non-hydrogen) atoms. The van der Waals surface area contributed by atoms with E-state index in [1.165, 1.54) is 13.1 Å². The molecular weight excluding hydrogens is 207 g/mol. The van der Waals surface area contributed by atoms with Gasteiger partial charge in [-0.1, -0.05) is 0 Å². The molecule has 2 aromatic rings. The fourth-order valence-corrected chi connectivity index (χ4v) is 1.44. The summed E-state index contributed by atoms with van der Waals surface area (Å²) in [5.74, 6) is 0.320. The van der Waals surface area contributed by atoms with Crippen LogP contribution in [-0.4, -0.2) is 20.7 Å². The van der Waals surface area contributed by atoms with E-state index in [-0.39, 0.29) is 5.65 Å². The van der Waals surface area contributed by atoms with Crippen LogP contribution < -0.4 is 0 Å². The van der Waals surface area contributed by atoms with Gasteiger partial charge < -0.3 is 4.57 Å². The van der Waals surface area contributed by atoms with Crippen molar-refractivity contribution in [1.82, 2.24) is 14.5 Å². The number of hydrogen-bond donors (Lipinski definition) is 0. The molecular formula is C9H8F3N3. The summed E-state index contributed by atoms with van der Waals surface area (Å²) in [4.78, 5) is 7.88. The number of hydrogen-bond acceptors (Lipinski definition) is 2. The maximum absolute atomic E-state index is 12.3. The number of imidazole rings is 1. The highest BCUT2D eigenvalue weighted by Gasteiger charge is 2.29. The number of pyridine rings is 1. The van der Waals surface area contributed by atoms with Crippen molar-refractivity contribution in [2.75, 3.05) is 0 Å². The van der Waals surface area contributed by atoms with Gasteiger partial charge in [0.05, 0.1) is 0 Å². The lowest BCUT2D eigenvalue weighted by atomic mass is 10.4. The van der Waals surface area contributed by atoms with Crippen LogP contribution in [0.1, 0.15) is 5.82 Å². The van der Waals surface area contributed by atoms with Crippen molar-refractivity contribution in [3.63, 3.8) is 0 Å². The fraction of sp³-hybridized carbons (Fsp3) is 0.333. The molecule has 2 aromatic heterocycles. The minimum atomic E-state index is -4.25. The Bertz CT molecular complexity index is 487. The number of nitrogens with zero attached hydrogens (tertiary/aromatic N) is 3. The summed E-state index contributed by atoms with van der Waals surface area (Å²) < 4.78 is 37.8. The Balaban J connectivity index is 2.54. The Morgan fingerprint density at radius 3 is 2.80 bits per heavy atom. The van der Waals surface area contributed by atoms with Gasteiger partial charge in [0, 0.05) is 6.20 Å². The predicted octanol–water partition coefficient (Wildman–Crippen LogP) is 2.30. The summed E-state index contributed by atoms with van der Waals surface area (Å²) in [7, 11) is 0. The van der Waals surface area contributed by atoms with Gasteiger partial charge in [0.15, 0.2) is 5.65 Å². The Kier molecular flexibility index (Phi) is 2.13. The molecule has 0 spiro atoms. The second-order valence-corrected chi connectivity index (χ2v) is 3.21. The third-order valence-electron chi connectivity index (χ3n) is 2.03. The Labute approximate surface area is 83.6 Å². The highest BCUT2D eigenvalue weighted by atomic mass is 19.4. The first kappa shape index (κ1) is 9.95. The van der Waals surface area contributed by atoms with E-state index in [0.717, 1.165) is 4.57 Å². The van der Waals surface area contributed by atoms with E-state index in [1.807, 2.05) is 0 Å². The molecule has 0 N–H and O–H groups in total. The summed E-state index contributed by atoms with van der Waals surface area (Å²) in [6.07, 6.45) is -2.80. The smallest absolute Gasteiger partial charge is 0.304 e. The van der Waals surface area contributed by atoms with Crippen LogP contribution in [0.25, 0.3) is 11.2 Å². The predicted molar refractivity (Wildman–Crippen MR) is 48.3 cm³/mol. The molecule has 0 saturated carbocycles. The van der Waals surface area contributed by atoms with Gasteiger partial charge >= 0.3 is 6.18 Å². The van der Waals surface area contributed by atoms with Crippen LogP contribution in [0.2, 0.25) is 0 Å². The maximum atomic E-state index is 12.3. The molecule has 0 unspecified atom stereocenters. The van der Waals surface area contributed by atoms with Gasteiger partial charge in [-0.25, -0.2) is 9.97 Å². The van der Waals surface area contributed by atoms with Gasteiger partial charge in [-0.2, -0.15) is 13.2 Å². The Hall–Kier alpha value is -1.59. The average molecular weight is 215 g/mol. The summed E-state index contributed by atoms with van der Waals surface area (Å²) in [6, 6.07) is 3.29. The fourth-order valence-electron chi connectivity index (χ4n) is 1.44. The van der Waals surface area contributed by atoms with E-state index >= 15 is 0 Å². The standard InChI is InChI=1S/C9H8F3N3/c1-6-14-7-3-2-4-13-8(7)15(6)5-9(10,11)12/h2-4H,5H2,1H3. The Morgan fingerprint density at radius 2 is 2.13 bits per heavy atom. The first-order valence-corrected chi connectivity index (χ1v) is 4.32. The van der Waals surface area contributed by atoms with Gasteiger partial charge in [0.2, 0.25) is 0 Å². The summed E-state index contributed by atoms with van der Waals surface area (Å²) in [5.41, 5.74) is 0.756. The van der Waals surface area contributed by atoms with Crippen LogP contribution in [0, 0.1) is 6.92 Å². The number of aromatic nitrogens is 3. The van der Waals surface area contributed by atoms with Crippen LogP contribution in [0.4, 0.5) is 13.2 Å². The van der Waals surface area contributed by atoms with E-state index in [2.05, 4.69) is 9.97 Å². The molecule has 0 aliphatic carbocycles. The molecule has 6 heteroatoms. The van der Waals surface area contributed by atoms with Crippen molar-refractivity contribution in [2.24, 2.45) is 0 Å². The average Bonchev–Trinajstić information content (AvgIpc) is 2.41. The summed E-state index contributed by atoms with van der Waals surface area (Å²) in [6.45, 7) is 0.486. The number of halogens is 3. The molecule has 0 aliphatic rings. The van der Waals surface area contributed by atoms with Crippen LogP contribution in [0.5, 0.6) is 0 Å². The lowest BCUT2D eigenvalue weighted by Crippen LogP contribution is -2.18. The van der Waals surface area contributed by atoms with Crippen LogP contribution in [-0.2, 0) is 6.54 Å².